The van der Waals surface area contributed by atoms with Crippen molar-refractivity contribution in [1.29, 1.82) is 0 Å². The average Bonchev–Trinajstić information content (AvgIpc) is 3.32. The number of anilines is 1. The molecule has 1 aliphatic heterocycles. The molecule has 0 spiro atoms. The molecule has 35 heavy (non-hydrogen) atoms. The molecule has 9 heteroatoms. The molecule has 2 N–H and O–H groups in total. The van der Waals surface area contributed by atoms with Gasteiger partial charge in [-0.05, 0) is 60.2 Å². The van der Waals surface area contributed by atoms with Crippen LogP contribution in [0.5, 0.6) is 11.6 Å². The molecule has 0 saturated carbocycles. The second-order valence-corrected chi connectivity index (χ2v) is 8.62. The van der Waals surface area contributed by atoms with Gasteiger partial charge in [0.15, 0.2) is 5.75 Å². The van der Waals surface area contributed by atoms with Crippen molar-refractivity contribution in [3.05, 3.63) is 95.3 Å². The van der Waals surface area contributed by atoms with Crippen molar-refractivity contribution in [2.75, 3.05) is 4.90 Å². The first-order valence-electron chi connectivity index (χ1n) is 10.5. The molecule has 2 heterocycles. The number of carbonyl (C=O) groups excluding carboxylic acids is 1. The zero-order chi connectivity index (χ0) is 24.7. The summed E-state index contributed by atoms with van der Waals surface area (Å²) >= 11 is 11.5. The predicted molar refractivity (Wildman–Crippen MR) is 139 cm³/mol. The normalized spacial score (nSPS) is 15.8. The first kappa shape index (κ1) is 22.8. The lowest BCUT2D eigenvalue weighted by molar-refractivity contribution is 0.0983. The summed E-state index contributed by atoms with van der Waals surface area (Å²) in [5.41, 5.74) is 1.71. The van der Waals surface area contributed by atoms with Crippen LogP contribution in [0.25, 0.3) is 17.0 Å². The topological polar surface area (TPSA) is 78.1 Å². The lowest BCUT2D eigenvalue weighted by Gasteiger charge is -2.24. The fourth-order valence-electron chi connectivity index (χ4n) is 4.01. The van der Waals surface area contributed by atoms with E-state index in [1.54, 1.807) is 29.2 Å². The molecular weight excluding hydrogens is 489 g/mol. The number of hydrogen-bond donors (Lipinski definition) is 2. The molecule has 3 aromatic carbocycles. The van der Waals surface area contributed by atoms with Gasteiger partial charge in [-0.3, -0.25) is 4.79 Å². The molecule has 4 aromatic rings. The van der Waals surface area contributed by atoms with Gasteiger partial charge in [0.05, 0.1) is 5.52 Å². The average molecular weight is 506 g/mol. The van der Waals surface area contributed by atoms with E-state index in [2.05, 4.69) is 4.99 Å². The van der Waals surface area contributed by atoms with Crippen LogP contribution in [0.15, 0.2) is 83.9 Å². The summed E-state index contributed by atoms with van der Waals surface area (Å²) in [4.78, 5) is 19.7. The fraction of sp³-hybridized carbons (Fsp3) is 0.0385. The second-order valence-electron chi connectivity index (χ2n) is 7.81. The van der Waals surface area contributed by atoms with Crippen LogP contribution < -0.4 is 4.90 Å². The third-order valence-corrected chi connectivity index (χ3v) is 6.18. The first-order chi connectivity index (χ1) is 16.8. The molecule has 0 fully saturated rings. The monoisotopic (exact) mass is 505 g/mol. The fourth-order valence-corrected chi connectivity index (χ4v) is 4.50. The molecule has 6 nitrogen and oxygen atoms in total. The molecule has 0 bridgehead atoms. The molecule has 0 saturated heterocycles. The highest BCUT2D eigenvalue weighted by molar-refractivity contribution is 7.80. The number of aromatic nitrogens is 1. The highest BCUT2D eigenvalue weighted by Gasteiger charge is 2.38. The van der Waals surface area contributed by atoms with Crippen molar-refractivity contribution < 1.29 is 19.4 Å². The number of aliphatic imine (C=N–C) groups is 1. The van der Waals surface area contributed by atoms with E-state index < -0.39 is 29.4 Å². The number of hydrogen-bond acceptors (Lipinski definition) is 4. The van der Waals surface area contributed by atoms with E-state index in [0.29, 0.717) is 10.7 Å². The number of carbonyl (C=O) groups is 1. The maximum atomic E-state index is 13.7. The van der Waals surface area contributed by atoms with Crippen LogP contribution in [0.4, 0.5) is 10.1 Å². The Labute approximate surface area is 209 Å². The summed E-state index contributed by atoms with van der Waals surface area (Å²) in [6.07, 6.45) is 3.58. The van der Waals surface area contributed by atoms with Crippen molar-refractivity contribution >= 4 is 63.2 Å². The Morgan fingerprint density at radius 2 is 1.77 bits per heavy atom. The molecule has 1 aliphatic rings. The third-order valence-electron chi connectivity index (χ3n) is 5.66. The largest absolute Gasteiger partial charge is 0.503 e. The Bertz CT molecular complexity index is 1530. The van der Waals surface area contributed by atoms with Gasteiger partial charge in [0, 0.05) is 16.1 Å². The third kappa shape index (κ3) is 4.07. The lowest BCUT2D eigenvalue weighted by atomic mass is 10.1. The number of nitrogens with zero attached hydrogens (tertiary/aromatic N) is 3. The molecule has 174 valence electrons. The SMILES string of the molecule is O=C(C1=NC(=S)N(c2ccc(F)cc2)C1/C=C/c1ccccc1)n1c(O)c(O)c2cc(Cl)ccc21. The Morgan fingerprint density at radius 1 is 1.06 bits per heavy atom. The number of halogens is 2. The van der Waals surface area contributed by atoms with Crippen molar-refractivity contribution in [2.24, 2.45) is 4.99 Å². The summed E-state index contributed by atoms with van der Waals surface area (Å²) in [6.45, 7) is 0. The zero-order valence-electron chi connectivity index (χ0n) is 18.0. The van der Waals surface area contributed by atoms with Crippen molar-refractivity contribution in [2.45, 2.75) is 6.04 Å². The maximum Gasteiger partial charge on any atom is 0.282 e. The summed E-state index contributed by atoms with van der Waals surface area (Å²) in [6, 6.07) is 18.9. The van der Waals surface area contributed by atoms with Crippen LogP contribution in [0.1, 0.15) is 10.4 Å². The van der Waals surface area contributed by atoms with E-state index in [-0.39, 0.29) is 21.7 Å². The van der Waals surface area contributed by atoms with Crippen LogP contribution in [0, 0.1) is 5.82 Å². The molecule has 0 aliphatic carbocycles. The summed E-state index contributed by atoms with van der Waals surface area (Å²) in [5.74, 6) is -2.19. The van der Waals surface area contributed by atoms with Gasteiger partial charge in [0.1, 0.15) is 17.6 Å². The Hall–Kier alpha value is -4.01. The minimum atomic E-state index is -0.757. The summed E-state index contributed by atoms with van der Waals surface area (Å²) in [7, 11) is 0. The van der Waals surface area contributed by atoms with Crippen molar-refractivity contribution in [1.82, 2.24) is 4.57 Å². The number of benzene rings is 3. The van der Waals surface area contributed by atoms with Gasteiger partial charge in [-0.15, -0.1) is 0 Å². The van der Waals surface area contributed by atoms with Crippen molar-refractivity contribution in [3.8, 4) is 11.6 Å². The van der Waals surface area contributed by atoms with Crippen LogP contribution >= 0.6 is 23.8 Å². The number of aromatic hydroxyl groups is 2. The molecule has 1 unspecified atom stereocenters. The van der Waals surface area contributed by atoms with Crippen LogP contribution in [0.3, 0.4) is 0 Å². The number of rotatable bonds is 4. The van der Waals surface area contributed by atoms with Gasteiger partial charge in [0.2, 0.25) is 11.0 Å². The van der Waals surface area contributed by atoms with Gasteiger partial charge < -0.3 is 15.1 Å². The summed E-state index contributed by atoms with van der Waals surface area (Å²) in [5, 5.41) is 21.7. The van der Waals surface area contributed by atoms with E-state index >= 15 is 0 Å². The van der Waals surface area contributed by atoms with E-state index in [9.17, 15) is 19.4 Å². The van der Waals surface area contributed by atoms with Crippen molar-refractivity contribution in [3.63, 3.8) is 0 Å². The highest BCUT2D eigenvalue weighted by Crippen LogP contribution is 2.39. The predicted octanol–water partition coefficient (Wildman–Crippen LogP) is 5.81. The maximum absolute atomic E-state index is 13.7. The number of fused-ring (bicyclic) bond motifs is 1. The minimum Gasteiger partial charge on any atom is -0.503 e. The quantitative estimate of drug-likeness (QED) is 0.342. The van der Waals surface area contributed by atoms with Gasteiger partial charge in [-0.1, -0.05) is 54.1 Å². The van der Waals surface area contributed by atoms with Gasteiger partial charge >= 0.3 is 0 Å². The molecule has 0 amide bonds. The lowest BCUT2D eigenvalue weighted by Crippen LogP contribution is -2.40. The highest BCUT2D eigenvalue weighted by atomic mass is 35.5. The smallest absolute Gasteiger partial charge is 0.282 e. The van der Waals surface area contributed by atoms with Gasteiger partial charge in [0.25, 0.3) is 5.91 Å². The zero-order valence-corrected chi connectivity index (χ0v) is 19.5. The van der Waals surface area contributed by atoms with E-state index in [0.717, 1.165) is 10.1 Å². The van der Waals surface area contributed by atoms with Crippen LogP contribution in [0.2, 0.25) is 5.02 Å². The Kier molecular flexibility index (Phi) is 5.84. The van der Waals surface area contributed by atoms with Crippen LogP contribution in [-0.2, 0) is 0 Å². The second kappa shape index (κ2) is 8.98. The standard InChI is InChI=1S/C26H17ClFN3O3S/c27-16-7-13-20-19(14-16)23(32)25(34)31(20)24(33)22-21(12-6-15-4-2-1-3-5-15)30(26(35)29-22)18-10-8-17(28)9-11-18/h1-14,21,32,34H/b12-6+. The Morgan fingerprint density at radius 3 is 2.49 bits per heavy atom. The first-order valence-corrected chi connectivity index (χ1v) is 11.3. The van der Waals surface area contributed by atoms with E-state index in [1.165, 1.54) is 24.3 Å². The molecule has 0 radical (unpaired) electrons. The molecular formula is C26H17ClFN3O3S. The van der Waals surface area contributed by atoms with Crippen LogP contribution in [-0.4, -0.2) is 37.6 Å². The van der Waals surface area contributed by atoms with E-state index in [4.69, 9.17) is 23.8 Å². The summed E-state index contributed by atoms with van der Waals surface area (Å²) < 4.78 is 14.5. The van der Waals surface area contributed by atoms with Gasteiger partial charge in [-0.2, -0.15) is 0 Å². The van der Waals surface area contributed by atoms with Gasteiger partial charge in [-0.25, -0.2) is 13.9 Å². The molecule has 5 rings (SSSR count). The Balaban J connectivity index is 1.62. The van der Waals surface area contributed by atoms with E-state index in [1.807, 2.05) is 36.4 Å². The molecule has 1 atom stereocenters. The molecule has 1 aromatic heterocycles. The number of thiocarbonyl (C=S) groups is 1. The minimum absolute atomic E-state index is 0.0219.